The number of nitrogens with one attached hydrogen (secondary N) is 1. The number of rotatable bonds is 6. The normalized spacial score (nSPS) is 13.6. The Labute approximate surface area is 226 Å². The van der Waals surface area contributed by atoms with E-state index in [0.29, 0.717) is 11.4 Å². The molecule has 1 aliphatic heterocycles. The first kappa shape index (κ1) is 26.0. The Morgan fingerprint density at radius 3 is 2.77 bits per heavy atom. The van der Waals surface area contributed by atoms with Crippen LogP contribution in [0.1, 0.15) is 42.4 Å². The summed E-state index contributed by atoms with van der Waals surface area (Å²) in [5.74, 6) is -0.0199. The summed E-state index contributed by atoms with van der Waals surface area (Å²) in [6.45, 7) is 5.22. The maximum atomic E-state index is 13.0. The fraction of sp³-hybridized carbons (Fsp3) is 0.321. The molecule has 39 heavy (non-hydrogen) atoms. The van der Waals surface area contributed by atoms with Crippen LogP contribution in [0, 0.1) is 0 Å². The third-order valence-corrected chi connectivity index (χ3v) is 6.99. The molecule has 0 aliphatic carbocycles. The van der Waals surface area contributed by atoms with E-state index in [1.807, 2.05) is 12.1 Å². The number of fused-ring (bicyclic) bond motifs is 7. The van der Waals surface area contributed by atoms with Crippen molar-refractivity contribution in [3.8, 4) is 11.3 Å². The quantitative estimate of drug-likeness (QED) is 0.258. The highest BCUT2D eigenvalue weighted by Crippen LogP contribution is 2.42. The first-order chi connectivity index (χ1) is 18.7. The number of nitrogen functional groups attached to an aromatic ring is 1. The second kappa shape index (κ2) is 10.2. The van der Waals surface area contributed by atoms with Crippen LogP contribution >= 0.6 is 0 Å². The van der Waals surface area contributed by atoms with Gasteiger partial charge in [-0.25, -0.2) is 9.97 Å². The molecule has 2 amide bonds. The molecule has 0 saturated carbocycles. The van der Waals surface area contributed by atoms with E-state index in [2.05, 4.69) is 49.3 Å². The Morgan fingerprint density at radius 1 is 1.23 bits per heavy atom. The molecule has 11 nitrogen and oxygen atoms in total. The first-order valence-corrected chi connectivity index (χ1v) is 12.9. The lowest BCUT2D eigenvalue weighted by Crippen LogP contribution is -2.30. The molecular formula is C28H33N9O2. The zero-order chi connectivity index (χ0) is 27.8. The molecule has 1 aliphatic rings. The van der Waals surface area contributed by atoms with Gasteiger partial charge in [0.2, 0.25) is 5.91 Å². The van der Waals surface area contributed by atoms with Crippen molar-refractivity contribution in [2.24, 2.45) is 10.7 Å². The van der Waals surface area contributed by atoms with Gasteiger partial charge >= 0.3 is 0 Å². The van der Waals surface area contributed by atoms with Crippen molar-refractivity contribution in [1.29, 1.82) is 0 Å². The molecule has 4 heterocycles. The van der Waals surface area contributed by atoms with E-state index in [4.69, 9.17) is 11.5 Å². The lowest BCUT2D eigenvalue weighted by atomic mass is 10.1. The highest BCUT2D eigenvalue weighted by molar-refractivity contribution is 6.08. The standard InChI is InChI=1S/C28H33N9O2/c1-16(2)37-19-6-5-11-36-20-13-18(28(39)34-22(29)9-10-31-14-23(38)35(3)4)8-7-17(20)12-21(36)24(19)25-26(30)32-15-33-27(25)37/h7-10,12-13,15-16,31H,5-6,11,14H2,1-4H3,(H2,29,34,39)(H2,30,32,33)/b10-9-. The predicted octanol–water partition coefficient (Wildman–Crippen LogP) is 2.85. The number of benzene rings is 1. The number of nitrogens with two attached hydrogens (primary N) is 2. The van der Waals surface area contributed by atoms with E-state index in [0.717, 1.165) is 52.6 Å². The molecule has 0 unspecified atom stereocenters. The molecule has 4 aromatic rings. The summed E-state index contributed by atoms with van der Waals surface area (Å²) >= 11 is 0. The minimum Gasteiger partial charge on any atom is -0.384 e. The molecule has 3 aromatic heterocycles. The van der Waals surface area contributed by atoms with Crippen molar-refractivity contribution in [3.05, 3.63) is 54.1 Å². The molecule has 202 valence electrons. The van der Waals surface area contributed by atoms with Gasteiger partial charge in [0, 0.05) is 60.6 Å². The van der Waals surface area contributed by atoms with Gasteiger partial charge in [-0.15, -0.1) is 0 Å². The van der Waals surface area contributed by atoms with E-state index < -0.39 is 5.91 Å². The molecule has 0 saturated heterocycles. The fourth-order valence-electron chi connectivity index (χ4n) is 5.19. The summed E-state index contributed by atoms with van der Waals surface area (Å²) in [5, 5.41) is 4.72. The number of anilines is 1. The predicted molar refractivity (Wildman–Crippen MR) is 153 cm³/mol. The van der Waals surface area contributed by atoms with Gasteiger partial charge in [-0.2, -0.15) is 4.99 Å². The largest absolute Gasteiger partial charge is 0.384 e. The molecule has 0 spiro atoms. The van der Waals surface area contributed by atoms with Crippen LogP contribution in [-0.4, -0.2) is 62.3 Å². The number of carbonyl (C=O) groups excluding carboxylic acids is 2. The Hall–Kier alpha value is -4.67. The van der Waals surface area contributed by atoms with E-state index in [9.17, 15) is 9.59 Å². The van der Waals surface area contributed by atoms with Gasteiger partial charge in [0.05, 0.1) is 17.6 Å². The zero-order valence-electron chi connectivity index (χ0n) is 22.6. The fourth-order valence-corrected chi connectivity index (χ4v) is 5.19. The number of likely N-dealkylation sites (N-methyl/N-ethyl adjacent to an activating group) is 1. The number of hydrogen-bond donors (Lipinski definition) is 3. The number of carbonyl (C=O) groups is 2. The average molecular weight is 528 g/mol. The van der Waals surface area contributed by atoms with Crippen LogP contribution in [0.5, 0.6) is 0 Å². The topological polar surface area (TPSA) is 149 Å². The number of aliphatic imine (C=N–C) groups is 1. The Balaban J connectivity index is 1.51. The van der Waals surface area contributed by atoms with Gasteiger partial charge < -0.3 is 30.8 Å². The number of nitrogens with zero attached hydrogens (tertiary/aromatic N) is 6. The van der Waals surface area contributed by atoms with Crippen LogP contribution in [0.4, 0.5) is 5.82 Å². The summed E-state index contributed by atoms with van der Waals surface area (Å²) in [6.07, 6.45) is 6.29. The van der Waals surface area contributed by atoms with E-state index in [1.165, 1.54) is 29.2 Å². The van der Waals surface area contributed by atoms with Crippen LogP contribution in [0.25, 0.3) is 33.2 Å². The van der Waals surface area contributed by atoms with Gasteiger partial charge in [0.25, 0.3) is 5.91 Å². The van der Waals surface area contributed by atoms with Crippen molar-refractivity contribution in [3.63, 3.8) is 0 Å². The number of amidine groups is 1. The van der Waals surface area contributed by atoms with Crippen LogP contribution in [0.15, 0.2) is 47.9 Å². The number of amides is 2. The molecule has 0 atom stereocenters. The molecule has 1 aromatic carbocycles. The van der Waals surface area contributed by atoms with Gasteiger partial charge in [-0.1, -0.05) is 6.07 Å². The van der Waals surface area contributed by atoms with Crippen LogP contribution in [-0.2, 0) is 17.8 Å². The van der Waals surface area contributed by atoms with E-state index in [1.54, 1.807) is 20.2 Å². The lowest BCUT2D eigenvalue weighted by molar-refractivity contribution is -0.127. The zero-order valence-corrected chi connectivity index (χ0v) is 22.6. The van der Waals surface area contributed by atoms with Crippen molar-refractivity contribution in [2.75, 3.05) is 26.4 Å². The van der Waals surface area contributed by atoms with Crippen LogP contribution < -0.4 is 16.8 Å². The van der Waals surface area contributed by atoms with E-state index >= 15 is 0 Å². The molecule has 0 bridgehead atoms. The van der Waals surface area contributed by atoms with Gasteiger partial charge in [-0.3, -0.25) is 9.59 Å². The molecule has 5 N–H and O–H groups in total. The SMILES string of the molecule is CC(C)n1c2c(c3c(N)ncnc31)-c1cc3ccc(C(=O)N=C(N)/C=C\NCC(=O)N(C)C)cc3n1CCC2. The summed E-state index contributed by atoms with van der Waals surface area (Å²) in [6, 6.07) is 7.91. The van der Waals surface area contributed by atoms with Gasteiger partial charge in [-0.05, 0) is 51.0 Å². The third-order valence-electron chi connectivity index (χ3n) is 6.99. The highest BCUT2D eigenvalue weighted by atomic mass is 16.2. The maximum absolute atomic E-state index is 13.0. The first-order valence-electron chi connectivity index (χ1n) is 12.9. The molecule has 0 fully saturated rings. The molecule has 0 radical (unpaired) electrons. The Morgan fingerprint density at radius 2 is 2.03 bits per heavy atom. The minimum absolute atomic E-state index is 0.0421. The number of aryl methyl sites for hydroxylation is 1. The smallest absolute Gasteiger partial charge is 0.279 e. The van der Waals surface area contributed by atoms with Crippen molar-refractivity contribution < 1.29 is 9.59 Å². The molecule has 11 heteroatoms. The Kier molecular flexibility index (Phi) is 6.81. The number of hydrogen-bond acceptors (Lipinski definition) is 6. The Bertz CT molecular complexity index is 1660. The monoisotopic (exact) mass is 527 g/mol. The van der Waals surface area contributed by atoms with E-state index in [-0.39, 0.29) is 24.3 Å². The number of aromatic nitrogens is 4. The van der Waals surface area contributed by atoms with Crippen LogP contribution in [0.2, 0.25) is 0 Å². The second-order valence-corrected chi connectivity index (χ2v) is 10.1. The summed E-state index contributed by atoms with van der Waals surface area (Å²) in [7, 11) is 3.35. The summed E-state index contributed by atoms with van der Waals surface area (Å²) < 4.78 is 4.51. The van der Waals surface area contributed by atoms with Crippen molar-refractivity contribution in [1.82, 2.24) is 29.3 Å². The second-order valence-electron chi connectivity index (χ2n) is 10.1. The lowest BCUT2D eigenvalue weighted by Gasteiger charge is -2.13. The molecular weight excluding hydrogens is 494 g/mol. The van der Waals surface area contributed by atoms with Crippen LogP contribution in [0.3, 0.4) is 0 Å². The highest BCUT2D eigenvalue weighted by Gasteiger charge is 2.28. The average Bonchev–Trinajstić information content (AvgIpc) is 3.36. The van der Waals surface area contributed by atoms with Gasteiger partial charge in [0.1, 0.15) is 23.6 Å². The molecule has 5 rings (SSSR count). The summed E-state index contributed by atoms with van der Waals surface area (Å²) in [4.78, 5) is 39.0. The minimum atomic E-state index is -0.442. The van der Waals surface area contributed by atoms with Crippen molar-refractivity contribution in [2.45, 2.75) is 39.3 Å². The maximum Gasteiger partial charge on any atom is 0.279 e. The third kappa shape index (κ3) is 4.71. The summed E-state index contributed by atoms with van der Waals surface area (Å²) in [5.41, 5.74) is 17.9. The van der Waals surface area contributed by atoms with Crippen molar-refractivity contribution >= 4 is 45.4 Å². The van der Waals surface area contributed by atoms with Gasteiger partial charge in [0.15, 0.2) is 0 Å².